The number of aromatic nitrogens is 1. The van der Waals surface area contributed by atoms with Crippen molar-refractivity contribution in [3.05, 3.63) is 64.6 Å². The average molecular weight is 345 g/mol. The maximum Gasteiger partial charge on any atom is 0.134 e. The lowest BCUT2D eigenvalue weighted by Crippen LogP contribution is -2.22. The van der Waals surface area contributed by atoms with E-state index in [-0.39, 0.29) is 6.04 Å². The highest BCUT2D eigenvalue weighted by molar-refractivity contribution is 9.10. The van der Waals surface area contributed by atoms with Gasteiger partial charge in [-0.1, -0.05) is 25.1 Å². The lowest BCUT2D eigenvalue weighted by Gasteiger charge is -2.17. The molecule has 0 bridgehead atoms. The number of hydrogen-bond acceptors (Lipinski definition) is 3. The zero-order valence-corrected chi connectivity index (χ0v) is 13.4. The highest BCUT2D eigenvalue weighted by atomic mass is 79.9. The topological polar surface area (TPSA) is 38.1 Å². The van der Waals surface area contributed by atoms with Gasteiger partial charge < -0.3 is 9.73 Å². The van der Waals surface area contributed by atoms with E-state index in [1.807, 2.05) is 30.7 Å². The second kappa shape index (κ2) is 6.41. The summed E-state index contributed by atoms with van der Waals surface area (Å²) in [5, 5.41) is 4.71. The van der Waals surface area contributed by atoms with Crippen LogP contribution in [0, 0.1) is 0 Å². The molecule has 21 heavy (non-hydrogen) atoms. The molecule has 0 aliphatic heterocycles. The second-order valence-corrected chi connectivity index (χ2v) is 5.93. The van der Waals surface area contributed by atoms with Gasteiger partial charge in [-0.3, -0.25) is 4.98 Å². The highest BCUT2D eigenvalue weighted by Crippen LogP contribution is 2.28. The van der Waals surface area contributed by atoms with Gasteiger partial charge in [0.15, 0.2) is 0 Å². The summed E-state index contributed by atoms with van der Waals surface area (Å²) in [6, 6.07) is 10.5. The number of fused-ring (bicyclic) bond motifs is 1. The number of benzene rings is 1. The molecule has 3 nitrogen and oxygen atoms in total. The molecule has 0 aliphatic rings. The lowest BCUT2D eigenvalue weighted by molar-refractivity contribution is 0.535. The van der Waals surface area contributed by atoms with Gasteiger partial charge in [0, 0.05) is 33.9 Å². The van der Waals surface area contributed by atoms with Gasteiger partial charge in [0.25, 0.3) is 0 Å². The monoisotopic (exact) mass is 344 g/mol. The molecular weight excluding hydrogens is 328 g/mol. The molecule has 0 spiro atoms. The number of halogens is 1. The van der Waals surface area contributed by atoms with E-state index in [4.69, 9.17) is 4.42 Å². The van der Waals surface area contributed by atoms with Crippen molar-refractivity contribution in [2.75, 3.05) is 6.54 Å². The molecule has 0 amide bonds. The van der Waals surface area contributed by atoms with Gasteiger partial charge in [-0.2, -0.15) is 0 Å². The molecule has 1 N–H and O–H groups in total. The third-order valence-electron chi connectivity index (χ3n) is 3.54. The molecule has 108 valence electrons. The summed E-state index contributed by atoms with van der Waals surface area (Å²) in [7, 11) is 0. The molecule has 1 unspecified atom stereocenters. The van der Waals surface area contributed by atoms with Crippen LogP contribution in [0.2, 0.25) is 0 Å². The molecule has 2 aromatic heterocycles. The molecule has 0 fully saturated rings. The molecule has 4 heteroatoms. The van der Waals surface area contributed by atoms with Crippen LogP contribution in [0.25, 0.3) is 11.0 Å². The molecule has 0 aliphatic carbocycles. The summed E-state index contributed by atoms with van der Waals surface area (Å²) >= 11 is 3.48. The van der Waals surface area contributed by atoms with Gasteiger partial charge in [0.05, 0.1) is 6.26 Å². The van der Waals surface area contributed by atoms with Crippen LogP contribution in [0.15, 0.2) is 57.9 Å². The van der Waals surface area contributed by atoms with Crippen LogP contribution in [0.1, 0.15) is 24.1 Å². The Kier molecular flexibility index (Phi) is 4.36. The molecule has 1 atom stereocenters. The van der Waals surface area contributed by atoms with Crippen molar-refractivity contribution in [3.8, 4) is 0 Å². The molecule has 3 rings (SSSR count). The number of rotatable bonds is 5. The molecule has 1 aromatic carbocycles. The van der Waals surface area contributed by atoms with Gasteiger partial charge in [0.2, 0.25) is 0 Å². The molecule has 0 saturated carbocycles. The average Bonchev–Trinajstić information content (AvgIpc) is 2.91. The Morgan fingerprint density at radius 3 is 2.95 bits per heavy atom. The van der Waals surface area contributed by atoms with Crippen LogP contribution >= 0.6 is 15.9 Å². The predicted molar refractivity (Wildman–Crippen MR) is 88.3 cm³/mol. The minimum absolute atomic E-state index is 0.217. The molecule has 2 heterocycles. The number of furan rings is 1. The van der Waals surface area contributed by atoms with Crippen LogP contribution < -0.4 is 5.32 Å². The Hall–Kier alpha value is -1.65. The summed E-state index contributed by atoms with van der Waals surface area (Å²) in [6.45, 7) is 3.03. The van der Waals surface area contributed by atoms with Crippen LogP contribution in [0.5, 0.6) is 0 Å². The van der Waals surface area contributed by atoms with Gasteiger partial charge in [-0.05, 0) is 46.6 Å². The Labute approximate surface area is 132 Å². The predicted octanol–water partition coefficient (Wildman–Crippen LogP) is 4.48. The van der Waals surface area contributed by atoms with Gasteiger partial charge in [0.1, 0.15) is 5.58 Å². The normalized spacial score (nSPS) is 12.7. The van der Waals surface area contributed by atoms with E-state index in [2.05, 4.69) is 45.3 Å². The van der Waals surface area contributed by atoms with Crippen molar-refractivity contribution in [2.24, 2.45) is 0 Å². The third-order valence-corrected chi connectivity index (χ3v) is 3.97. The smallest absolute Gasteiger partial charge is 0.134 e. The fourth-order valence-electron chi connectivity index (χ4n) is 2.61. The summed E-state index contributed by atoms with van der Waals surface area (Å²) in [5.41, 5.74) is 3.33. The summed E-state index contributed by atoms with van der Waals surface area (Å²) in [6.07, 6.45) is 6.46. The first-order valence-electron chi connectivity index (χ1n) is 7.07. The van der Waals surface area contributed by atoms with Crippen LogP contribution in [0.3, 0.4) is 0 Å². The first-order chi connectivity index (χ1) is 10.3. The summed E-state index contributed by atoms with van der Waals surface area (Å²) < 4.78 is 6.68. The summed E-state index contributed by atoms with van der Waals surface area (Å²) in [5.74, 6) is 0. The maximum atomic E-state index is 5.67. The number of para-hydroxylation sites is 1. The number of likely N-dealkylation sites (N-methyl/N-ethyl adjacent to an activating group) is 1. The molecule has 3 aromatic rings. The van der Waals surface area contributed by atoms with Crippen LogP contribution in [-0.4, -0.2) is 11.5 Å². The fourth-order valence-corrected chi connectivity index (χ4v) is 3.02. The zero-order valence-electron chi connectivity index (χ0n) is 11.8. The van der Waals surface area contributed by atoms with E-state index in [9.17, 15) is 0 Å². The minimum Gasteiger partial charge on any atom is -0.464 e. The number of pyridine rings is 1. The fraction of sp³-hybridized carbons (Fsp3) is 0.235. The number of nitrogens with zero attached hydrogens (tertiary/aromatic N) is 1. The first kappa shape index (κ1) is 14.3. The SMILES string of the molecule is CCNC(Cc1cncc(Br)c1)c1coc2ccccc12. The standard InChI is InChI=1S/C17H17BrN2O/c1-2-20-16(8-12-7-13(18)10-19-9-12)15-11-21-17-6-4-3-5-14(15)17/h3-7,9-11,16,20H,2,8H2,1H3. The van der Waals surface area contributed by atoms with Crippen molar-refractivity contribution in [2.45, 2.75) is 19.4 Å². The Morgan fingerprint density at radius 2 is 2.14 bits per heavy atom. The summed E-state index contributed by atoms with van der Waals surface area (Å²) in [4.78, 5) is 4.24. The van der Waals surface area contributed by atoms with Crippen molar-refractivity contribution >= 4 is 26.9 Å². The van der Waals surface area contributed by atoms with E-state index in [1.54, 1.807) is 6.20 Å². The Morgan fingerprint density at radius 1 is 1.29 bits per heavy atom. The van der Waals surface area contributed by atoms with Gasteiger partial charge >= 0.3 is 0 Å². The maximum absolute atomic E-state index is 5.67. The Bertz CT molecular complexity index is 738. The van der Waals surface area contributed by atoms with E-state index >= 15 is 0 Å². The van der Waals surface area contributed by atoms with Crippen LogP contribution in [0.4, 0.5) is 0 Å². The first-order valence-corrected chi connectivity index (χ1v) is 7.86. The lowest BCUT2D eigenvalue weighted by atomic mass is 9.99. The molecule has 0 radical (unpaired) electrons. The van der Waals surface area contributed by atoms with Gasteiger partial charge in [-0.15, -0.1) is 0 Å². The van der Waals surface area contributed by atoms with E-state index in [0.29, 0.717) is 0 Å². The number of nitrogens with one attached hydrogen (secondary N) is 1. The molecule has 0 saturated heterocycles. The van der Waals surface area contributed by atoms with E-state index in [0.717, 1.165) is 23.0 Å². The van der Waals surface area contributed by atoms with Crippen molar-refractivity contribution in [1.29, 1.82) is 0 Å². The van der Waals surface area contributed by atoms with Crippen molar-refractivity contribution in [1.82, 2.24) is 10.3 Å². The third kappa shape index (κ3) is 3.17. The van der Waals surface area contributed by atoms with E-state index < -0.39 is 0 Å². The Balaban J connectivity index is 1.94. The van der Waals surface area contributed by atoms with Crippen molar-refractivity contribution in [3.63, 3.8) is 0 Å². The van der Waals surface area contributed by atoms with Crippen LogP contribution in [-0.2, 0) is 6.42 Å². The second-order valence-electron chi connectivity index (χ2n) is 5.01. The molecular formula is C17H17BrN2O. The number of hydrogen-bond donors (Lipinski definition) is 1. The quantitative estimate of drug-likeness (QED) is 0.741. The largest absolute Gasteiger partial charge is 0.464 e. The van der Waals surface area contributed by atoms with E-state index in [1.165, 1.54) is 16.5 Å². The minimum atomic E-state index is 0.217. The van der Waals surface area contributed by atoms with Crippen molar-refractivity contribution < 1.29 is 4.42 Å². The highest BCUT2D eigenvalue weighted by Gasteiger charge is 2.17. The zero-order chi connectivity index (χ0) is 14.7. The van der Waals surface area contributed by atoms with Gasteiger partial charge in [-0.25, -0.2) is 0 Å².